The zero-order valence-corrected chi connectivity index (χ0v) is 21.9. The summed E-state index contributed by atoms with van der Waals surface area (Å²) in [7, 11) is -4.93. The van der Waals surface area contributed by atoms with Crippen LogP contribution in [0.5, 0.6) is 0 Å². The lowest BCUT2D eigenvalue weighted by molar-refractivity contribution is -0.139. The second kappa shape index (κ2) is 21.0. The molecule has 0 aromatic rings. The predicted molar refractivity (Wildman–Crippen MR) is 132 cm³/mol. The topological polar surface area (TPSA) is 168 Å². The Balaban J connectivity index is 3.96. The van der Waals surface area contributed by atoms with Crippen molar-refractivity contribution in [2.24, 2.45) is 0 Å². The number of hydrogen-bond donors (Lipinski definition) is 7. The third kappa shape index (κ3) is 18.2. The highest BCUT2D eigenvalue weighted by atomic mass is 31.2. The van der Waals surface area contributed by atoms with Crippen molar-refractivity contribution in [2.45, 2.75) is 147 Å². The van der Waals surface area contributed by atoms with Crippen molar-refractivity contribution >= 4 is 7.82 Å². The van der Waals surface area contributed by atoms with E-state index >= 15 is 0 Å². The van der Waals surface area contributed by atoms with Gasteiger partial charge in [0.25, 0.3) is 0 Å². The smallest absolute Gasteiger partial charge is 0.394 e. The van der Waals surface area contributed by atoms with Crippen LogP contribution >= 0.6 is 7.82 Å². The molecule has 0 bridgehead atoms. The monoisotopic (exact) mass is 514 g/mol. The highest BCUT2D eigenvalue weighted by Gasteiger charge is 2.37. The molecule has 0 saturated heterocycles. The molecule has 0 aromatic carbocycles. The molecule has 7 N–H and O–H groups in total. The Labute approximate surface area is 205 Å². The summed E-state index contributed by atoms with van der Waals surface area (Å²) < 4.78 is 15.8. The summed E-state index contributed by atoms with van der Waals surface area (Å²) in [5.41, 5.74) is 0. The normalized spacial score (nSPS) is 16.8. The first kappa shape index (κ1) is 33.9. The maximum Gasteiger partial charge on any atom is 0.469 e. The number of aliphatic hydroxyl groups excluding tert-OH is 5. The van der Waals surface area contributed by atoms with Crippen molar-refractivity contribution < 1.29 is 44.4 Å². The van der Waals surface area contributed by atoms with Crippen molar-refractivity contribution in [1.82, 2.24) is 0 Å². The molecule has 0 aliphatic rings. The molecule has 206 valence electrons. The Morgan fingerprint density at radius 3 is 1.35 bits per heavy atom. The molecule has 0 radical (unpaired) electrons. The van der Waals surface area contributed by atoms with Crippen LogP contribution in [0.25, 0.3) is 0 Å². The van der Waals surface area contributed by atoms with Gasteiger partial charge in [0.2, 0.25) is 0 Å². The number of rotatable bonds is 24. The Morgan fingerprint density at radius 1 is 0.618 bits per heavy atom. The lowest BCUT2D eigenvalue weighted by atomic mass is 9.96. The van der Waals surface area contributed by atoms with Crippen LogP contribution in [0.4, 0.5) is 0 Å². The summed E-state index contributed by atoms with van der Waals surface area (Å²) in [6, 6.07) is 0. The van der Waals surface area contributed by atoms with Crippen LogP contribution in [-0.4, -0.2) is 72.4 Å². The van der Waals surface area contributed by atoms with Crippen LogP contribution < -0.4 is 0 Å². The van der Waals surface area contributed by atoms with Crippen LogP contribution in [0.15, 0.2) is 0 Å². The average Bonchev–Trinajstić information content (AvgIpc) is 2.80. The largest absolute Gasteiger partial charge is 0.469 e. The van der Waals surface area contributed by atoms with E-state index in [1.807, 2.05) is 0 Å². The van der Waals surface area contributed by atoms with Gasteiger partial charge in [-0.1, -0.05) is 110 Å². The average molecular weight is 515 g/mol. The Hall–Kier alpha value is -0.0900. The van der Waals surface area contributed by atoms with Gasteiger partial charge in [-0.2, -0.15) is 0 Å². The first-order valence-corrected chi connectivity index (χ1v) is 14.7. The number of unbranched alkanes of at least 4 members (excludes halogenated alkanes) is 15. The molecule has 9 nitrogen and oxygen atoms in total. The summed E-state index contributed by atoms with van der Waals surface area (Å²) in [6.45, 7) is 1.40. The zero-order chi connectivity index (χ0) is 25.8. The van der Waals surface area contributed by atoms with E-state index in [4.69, 9.17) is 14.9 Å². The van der Waals surface area contributed by atoms with E-state index in [1.54, 1.807) is 0 Å². The zero-order valence-electron chi connectivity index (χ0n) is 21.0. The van der Waals surface area contributed by atoms with E-state index in [-0.39, 0.29) is 6.42 Å². The molecular weight excluding hydrogens is 463 g/mol. The molecule has 1 unspecified atom stereocenters. The first-order chi connectivity index (χ1) is 16.1. The van der Waals surface area contributed by atoms with Crippen LogP contribution in [0.1, 0.15) is 116 Å². The molecular formula is C24H51O9P. The van der Waals surface area contributed by atoms with Gasteiger partial charge in [-0.3, -0.25) is 4.52 Å². The van der Waals surface area contributed by atoms with E-state index in [1.165, 1.54) is 70.6 Å². The minimum absolute atomic E-state index is 0.0731. The van der Waals surface area contributed by atoms with E-state index in [9.17, 15) is 25.0 Å². The third-order valence-corrected chi connectivity index (χ3v) is 6.82. The third-order valence-electron chi connectivity index (χ3n) is 6.28. The number of hydrogen-bond acceptors (Lipinski definition) is 7. The molecule has 0 rings (SSSR count). The SMILES string of the molecule is CCCCCCCCCCCCCCCCCCC(OP(=O)(O)O)[C@@H](O)[C@@H](O)[C@H](O)[C@H](O)CO. The van der Waals surface area contributed by atoms with Gasteiger partial charge in [-0.25, -0.2) is 4.57 Å². The lowest BCUT2D eigenvalue weighted by Gasteiger charge is -2.31. The summed E-state index contributed by atoms with van der Waals surface area (Å²) in [6.07, 6.45) is 10.3. The molecule has 0 aliphatic heterocycles. The number of aliphatic hydroxyl groups is 5. The summed E-state index contributed by atoms with van der Waals surface area (Å²) in [5, 5.41) is 48.2. The van der Waals surface area contributed by atoms with Crippen molar-refractivity contribution in [2.75, 3.05) is 6.61 Å². The standard InChI is InChI=1S/C24H51O9P/c1-2-3-4-5-6-7-8-9-10-11-12-13-14-15-16-17-18-21(33-34(30,31)32)23(28)24(29)22(27)20(26)19-25/h20-29H,2-19H2,1H3,(H2,30,31,32)/t20-,21?,22-,23-,24+/m1/s1. The van der Waals surface area contributed by atoms with E-state index in [2.05, 4.69) is 11.4 Å². The molecule has 0 saturated carbocycles. The maximum absolute atomic E-state index is 11.2. The maximum atomic E-state index is 11.2. The molecule has 0 aromatic heterocycles. The molecule has 34 heavy (non-hydrogen) atoms. The number of phosphoric ester groups is 1. The van der Waals surface area contributed by atoms with E-state index in [0.717, 1.165) is 25.7 Å². The van der Waals surface area contributed by atoms with Crippen molar-refractivity contribution in [3.63, 3.8) is 0 Å². The van der Waals surface area contributed by atoms with Gasteiger partial charge >= 0.3 is 7.82 Å². The molecule has 5 atom stereocenters. The quantitative estimate of drug-likeness (QED) is 0.0752. The highest BCUT2D eigenvalue weighted by molar-refractivity contribution is 7.46. The highest BCUT2D eigenvalue weighted by Crippen LogP contribution is 2.40. The molecule has 0 heterocycles. The molecule has 0 spiro atoms. The van der Waals surface area contributed by atoms with Gasteiger partial charge in [-0.05, 0) is 6.42 Å². The Bertz CT molecular complexity index is 503. The summed E-state index contributed by atoms with van der Waals surface area (Å²) in [4.78, 5) is 18.2. The van der Waals surface area contributed by atoms with Crippen molar-refractivity contribution in [1.29, 1.82) is 0 Å². The van der Waals surface area contributed by atoms with Gasteiger partial charge in [0, 0.05) is 0 Å². The van der Waals surface area contributed by atoms with Crippen LogP contribution in [0.3, 0.4) is 0 Å². The fourth-order valence-electron chi connectivity index (χ4n) is 4.11. The minimum Gasteiger partial charge on any atom is -0.394 e. The summed E-state index contributed by atoms with van der Waals surface area (Å²) in [5.74, 6) is 0. The fraction of sp³-hybridized carbons (Fsp3) is 1.00. The second-order valence-corrected chi connectivity index (χ2v) is 10.6. The van der Waals surface area contributed by atoms with Gasteiger partial charge < -0.3 is 35.3 Å². The van der Waals surface area contributed by atoms with Crippen LogP contribution in [0.2, 0.25) is 0 Å². The van der Waals surface area contributed by atoms with Gasteiger partial charge in [0.05, 0.1) is 12.7 Å². The molecule has 0 aliphatic carbocycles. The first-order valence-electron chi connectivity index (χ1n) is 13.2. The molecule has 0 amide bonds. The minimum atomic E-state index is -4.93. The molecule has 10 heteroatoms. The second-order valence-electron chi connectivity index (χ2n) is 9.45. The number of phosphoric acid groups is 1. The summed E-state index contributed by atoms with van der Waals surface area (Å²) >= 11 is 0. The van der Waals surface area contributed by atoms with Crippen LogP contribution in [0, 0.1) is 0 Å². The van der Waals surface area contributed by atoms with Crippen molar-refractivity contribution in [3.05, 3.63) is 0 Å². The Morgan fingerprint density at radius 2 is 1.00 bits per heavy atom. The molecule has 0 fully saturated rings. The Kier molecular flexibility index (Phi) is 21.0. The van der Waals surface area contributed by atoms with Crippen LogP contribution in [-0.2, 0) is 9.09 Å². The van der Waals surface area contributed by atoms with Gasteiger partial charge in [-0.15, -0.1) is 0 Å². The van der Waals surface area contributed by atoms with E-state index < -0.39 is 44.9 Å². The predicted octanol–water partition coefficient (Wildman–Crippen LogP) is 3.55. The van der Waals surface area contributed by atoms with Gasteiger partial charge in [0.15, 0.2) is 0 Å². The van der Waals surface area contributed by atoms with Crippen molar-refractivity contribution in [3.8, 4) is 0 Å². The fourth-order valence-corrected chi connectivity index (χ4v) is 4.70. The lowest BCUT2D eigenvalue weighted by Crippen LogP contribution is -2.50. The van der Waals surface area contributed by atoms with Gasteiger partial charge in [0.1, 0.15) is 24.4 Å². The van der Waals surface area contributed by atoms with E-state index in [0.29, 0.717) is 6.42 Å².